The van der Waals surface area contributed by atoms with Crippen LogP contribution in [0, 0.1) is 0 Å². The fraction of sp³-hybridized carbons (Fsp3) is 0.227. The van der Waals surface area contributed by atoms with Crippen LogP contribution in [0.4, 0.5) is 5.13 Å². The summed E-state index contributed by atoms with van der Waals surface area (Å²) >= 11 is 4.47. The van der Waals surface area contributed by atoms with E-state index in [1.807, 2.05) is 66.9 Å². The van der Waals surface area contributed by atoms with Crippen LogP contribution in [0.2, 0.25) is 0 Å². The summed E-state index contributed by atoms with van der Waals surface area (Å²) in [5, 5.41) is 21.5. The summed E-state index contributed by atoms with van der Waals surface area (Å²) in [5.41, 5.74) is 0.966. The van der Waals surface area contributed by atoms with E-state index in [0.717, 1.165) is 22.9 Å². The van der Waals surface area contributed by atoms with E-state index in [1.165, 1.54) is 28.0 Å². The molecule has 0 saturated heterocycles. The van der Waals surface area contributed by atoms with Crippen molar-refractivity contribution in [3.8, 4) is 5.69 Å². The smallest absolute Gasteiger partial charge is 0.239 e. The molecule has 1 amide bonds. The van der Waals surface area contributed by atoms with Gasteiger partial charge in [-0.3, -0.25) is 14.7 Å². The molecule has 2 heterocycles. The molecule has 4 aromatic rings. The number of carbonyl (C=O) groups excluding carboxylic acids is 1. The largest absolute Gasteiger partial charge is 0.300 e. The highest BCUT2D eigenvalue weighted by Crippen LogP contribution is 2.29. The number of carbonyl (C=O) groups is 1. The quantitative estimate of drug-likeness (QED) is 0.332. The lowest BCUT2D eigenvalue weighted by Gasteiger charge is -2.13. The maximum absolute atomic E-state index is 12.7. The van der Waals surface area contributed by atoms with Crippen molar-refractivity contribution in [1.82, 2.24) is 25.0 Å². The van der Waals surface area contributed by atoms with Gasteiger partial charge in [0.25, 0.3) is 0 Å². The molecule has 0 bridgehead atoms. The van der Waals surface area contributed by atoms with Gasteiger partial charge in [-0.25, -0.2) is 0 Å². The van der Waals surface area contributed by atoms with E-state index < -0.39 is 0 Å². The number of nitrogens with one attached hydrogen (secondary N) is 1. The standard InChI is InChI=1S/C22H22N6OS3/c1-3-19-25-26-21(32-19)23-20(29)15(2)31-22-27-24-18(14-30-17-12-8-5-9-13-17)28(22)16-10-6-4-7-11-16/h4-13,15H,3,14H2,1-2H3,(H,23,26,29). The lowest BCUT2D eigenvalue weighted by molar-refractivity contribution is -0.115. The summed E-state index contributed by atoms with van der Waals surface area (Å²) in [5.74, 6) is 1.35. The average molecular weight is 483 g/mol. The van der Waals surface area contributed by atoms with Crippen LogP contribution in [0.25, 0.3) is 5.69 Å². The van der Waals surface area contributed by atoms with Crippen molar-refractivity contribution < 1.29 is 4.79 Å². The number of amides is 1. The Hall–Kier alpha value is -2.69. The first-order valence-corrected chi connectivity index (χ1v) is 12.8. The minimum Gasteiger partial charge on any atom is -0.300 e. The van der Waals surface area contributed by atoms with Gasteiger partial charge in [0.15, 0.2) is 5.16 Å². The summed E-state index contributed by atoms with van der Waals surface area (Å²) in [4.78, 5) is 13.9. The molecular formula is C22H22N6OS3. The van der Waals surface area contributed by atoms with Gasteiger partial charge in [-0.1, -0.05) is 66.4 Å². The van der Waals surface area contributed by atoms with Crippen molar-refractivity contribution in [3.63, 3.8) is 0 Å². The summed E-state index contributed by atoms with van der Waals surface area (Å²) < 4.78 is 2.02. The lowest BCUT2D eigenvalue weighted by atomic mass is 10.3. The van der Waals surface area contributed by atoms with Crippen molar-refractivity contribution in [2.45, 2.75) is 41.3 Å². The number of nitrogens with zero attached hydrogens (tertiary/aromatic N) is 5. The summed E-state index contributed by atoms with van der Waals surface area (Å²) in [6.07, 6.45) is 0.793. The zero-order valence-electron chi connectivity index (χ0n) is 17.6. The normalized spacial score (nSPS) is 11.9. The highest BCUT2D eigenvalue weighted by atomic mass is 32.2. The molecular weight excluding hydrogens is 460 g/mol. The minimum atomic E-state index is -0.384. The van der Waals surface area contributed by atoms with Crippen molar-refractivity contribution >= 4 is 45.9 Å². The maximum atomic E-state index is 12.7. The maximum Gasteiger partial charge on any atom is 0.239 e. The van der Waals surface area contributed by atoms with Gasteiger partial charge in [0, 0.05) is 10.6 Å². The highest BCUT2D eigenvalue weighted by Gasteiger charge is 2.22. The highest BCUT2D eigenvalue weighted by molar-refractivity contribution is 8.00. The van der Waals surface area contributed by atoms with Crippen LogP contribution in [-0.2, 0) is 17.0 Å². The van der Waals surface area contributed by atoms with Crippen molar-refractivity contribution in [3.05, 3.63) is 71.5 Å². The molecule has 7 nitrogen and oxygen atoms in total. The molecule has 1 unspecified atom stereocenters. The average Bonchev–Trinajstić information content (AvgIpc) is 3.45. The van der Waals surface area contributed by atoms with E-state index in [-0.39, 0.29) is 11.2 Å². The molecule has 0 fully saturated rings. The SMILES string of the molecule is CCc1nnc(NC(=O)C(C)Sc2nnc(CSc3ccccc3)n2-c2ccccc2)s1. The van der Waals surface area contributed by atoms with Crippen molar-refractivity contribution in [2.24, 2.45) is 0 Å². The van der Waals surface area contributed by atoms with Crippen LogP contribution < -0.4 is 5.32 Å². The van der Waals surface area contributed by atoms with Gasteiger partial charge in [-0.2, -0.15) is 0 Å². The van der Waals surface area contributed by atoms with E-state index in [2.05, 4.69) is 37.8 Å². The number of benzene rings is 2. The second-order valence-electron chi connectivity index (χ2n) is 6.78. The van der Waals surface area contributed by atoms with Crippen LogP contribution in [0.5, 0.6) is 0 Å². The summed E-state index contributed by atoms with van der Waals surface area (Å²) in [7, 11) is 0. The fourth-order valence-electron chi connectivity index (χ4n) is 2.84. The fourth-order valence-corrected chi connectivity index (χ4v) is 5.24. The minimum absolute atomic E-state index is 0.142. The molecule has 0 saturated carbocycles. The molecule has 2 aromatic carbocycles. The van der Waals surface area contributed by atoms with E-state index in [9.17, 15) is 4.79 Å². The van der Waals surface area contributed by atoms with Crippen LogP contribution in [0.1, 0.15) is 24.7 Å². The van der Waals surface area contributed by atoms with E-state index >= 15 is 0 Å². The lowest BCUT2D eigenvalue weighted by Crippen LogP contribution is -2.22. The number of hydrogen-bond donors (Lipinski definition) is 1. The van der Waals surface area contributed by atoms with Gasteiger partial charge >= 0.3 is 0 Å². The third kappa shape index (κ3) is 5.56. The van der Waals surface area contributed by atoms with Crippen LogP contribution in [0.15, 0.2) is 70.7 Å². The molecule has 0 spiro atoms. The second kappa shape index (κ2) is 10.8. The van der Waals surface area contributed by atoms with Crippen molar-refractivity contribution in [1.29, 1.82) is 0 Å². The molecule has 2 aromatic heterocycles. The zero-order valence-corrected chi connectivity index (χ0v) is 20.1. The van der Waals surface area contributed by atoms with Crippen LogP contribution in [-0.4, -0.2) is 36.1 Å². The molecule has 4 rings (SSSR count). The Labute approximate surface area is 199 Å². The molecule has 0 radical (unpaired) electrons. The first kappa shape index (κ1) is 22.5. The number of anilines is 1. The number of hydrogen-bond acceptors (Lipinski definition) is 8. The van der Waals surface area contributed by atoms with Gasteiger partial charge in [-0.15, -0.1) is 32.2 Å². The second-order valence-corrected chi connectivity index (χ2v) is 10.2. The van der Waals surface area contributed by atoms with E-state index in [0.29, 0.717) is 16.0 Å². The number of para-hydroxylation sites is 1. The van der Waals surface area contributed by atoms with Gasteiger partial charge in [0.1, 0.15) is 10.8 Å². The molecule has 1 atom stereocenters. The molecule has 1 N–H and O–H groups in total. The van der Waals surface area contributed by atoms with Crippen molar-refractivity contribution in [2.75, 3.05) is 5.32 Å². The van der Waals surface area contributed by atoms with Crippen LogP contribution in [0.3, 0.4) is 0 Å². The van der Waals surface area contributed by atoms with Gasteiger partial charge < -0.3 is 0 Å². The monoisotopic (exact) mass is 482 g/mol. The van der Waals surface area contributed by atoms with Gasteiger partial charge in [0.05, 0.1) is 11.0 Å². The van der Waals surface area contributed by atoms with E-state index in [4.69, 9.17) is 0 Å². The summed E-state index contributed by atoms with van der Waals surface area (Å²) in [6, 6.07) is 20.2. The Morgan fingerprint density at radius 2 is 1.75 bits per heavy atom. The Morgan fingerprint density at radius 3 is 2.44 bits per heavy atom. The Kier molecular flexibility index (Phi) is 7.56. The number of aryl methyl sites for hydroxylation is 1. The molecule has 32 heavy (non-hydrogen) atoms. The van der Waals surface area contributed by atoms with E-state index in [1.54, 1.807) is 11.8 Å². The first-order chi connectivity index (χ1) is 15.6. The Morgan fingerprint density at radius 1 is 1.03 bits per heavy atom. The molecule has 10 heteroatoms. The van der Waals surface area contributed by atoms with Crippen LogP contribution >= 0.6 is 34.9 Å². The predicted molar refractivity (Wildman–Crippen MR) is 131 cm³/mol. The number of aromatic nitrogens is 5. The molecule has 164 valence electrons. The molecule has 0 aliphatic heterocycles. The summed E-state index contributed by atoms with van der Waals surface area (Å²) in [6.45, 7) is 3.86. The Bertz CT molecular complexity index is 1160. The predicted octanol–water partition coefficient (Wildman–Crippen LogP) is 5.09. The Balaban J connectivity index is 1.52. The third-order valence-electron chi connectivity index (χ3n) is 4.48. The number of rotatable bonds is 9. The number of thioether (sulfide) groups is 2. The molecule has 0 aliphatic rings. The third-order valence-corrected chi connectivity index (χ3v) is 7.51. The first-order valence-electron chi connectivity index (χ1n) is 10.1. The zero-order chi connectivity index (χ0) is 22.3. The van der Waals surface area contributed by atoms with Gasteiger partial charge in [-0.05, 0) is 37.6 Å². The molecule has 0 aliphatic carbocycles. The topological polar surface area (TPSA) is 85.6 Å². The van der Waals surface area contributed by atoms with Gasteiger partial charge in [0.2, 0.25) is 11.0 Å².